The van der Waals surface area contributed by atoms with Gasteiger partial charge in [0.15, 0.2) is 15.7 Å². The van der Waals surface area contributed by atoms with Crippen LogP contribution in [0.3, 0.4) is 0 Å². The molecule has 0 saturated carbocycles. The van der Waals surface area contributed by atoms with E-state index in [1.165, 1.54) is 4.68 Å². The third kappa shape index (κ3) is 4.47. The summed E-state index contributed by atoms with van der Waals surface area (Å²) in [6, 6.07) is 0. The van der Waals surface area contributed by atoms with Gasteiger partial charge in [-0.1, -0.05) is 6.92 Å². The molecule has 0 saturated heterocycles. The predicted octanol–water partition coefficient (Wildman–Crippen LogP) is -0.671. The van der Waals surface area contributed by atoms with Crippen LogP contribution >= 0.6 is 0 Å². The number of carboxylic acid groups (broad SMARTS) is 1. The van der Waals surface area contributed by atoms with Crippen molar-refractivity contribution in [3.8, 4) is 0 Å². The Bertz CT molecular complexity index is 495. The fraction of sp³-hybridized carbons (Fsp3) is 0.750. The summed E-state index contributed by atoms with van der Waals surface area (Å²) in [7, 11) is -3.20. The third-order valence-electron chi connectivity index (χ3n) is 2.19. The molecule has 9 heteroatoms. The van der Waals surface area contributed by atoms with Crippen molar-refractivity contribution in [3.05, 3.63) is 5.82 Å². The van der Waals surface area contributed by atoms with Crippen LogP contribution in [-0.4, -0.2) is 46.0 Å². The highest BCUT2D eigenvalue weighted by atomic mass is 32.2. The molecule has 0 bridgehead atoms. The lowest BCUT2D eigenvalue weighted by molar-refractivity contribution is -0.141. The molecular formula is C8H14N4O4S. The lowest BCUT2D eigenvalue weighted by Gasteiger charge is -2.06. The molecule has 1 heterocycles. The topological polar surface area (TPSA) is 115 Å². The first-order valence-electron chi connectivity index (χ1n) is 4.95. The van der Waals surface area contributed by atoms with Crippen molar-refractivity contribution in [2.24, 2.45) is 5.92 Å². The lowest BCUT2D eigenvalue weighted by atomic mass is 10.1. The van der Waals surface area contributed by atoms with E-state index >= 15 is 0 Å². The number of aliphatic carboxylic acids is 1. The van der Waals surface area contributed by atoms with Crippen LogP contribution < -0.4 is 0 Å². The van der Waals surface area contributed by atoms with Crippen molar-refractivity contribution in [2.75, 3.05) is 6.26 Å². The molecule has 0 aliphatic rings. The van der Waals surface area contributed by atoms with Gasteiger partial charge in [0.05, 0.1) is 5.92 Å². The van der Waals surface area contributed by atoms with Gasteiger partial charge < -0.3 is 5.11 Å². The van der Waals surface area contributed by atoms with Gasteiger partial charge in [-0.15, -0.1) is 5.10 Å². The van der Waals surface area contributed by atoms with E-state index in [0.29, 0.717) is 6.42 Å². The number of hydrogen-bond donors (Lipinski definition) is 1. The van der Waals surface area contributed by atoms with Crippen LogP contribution in [0, 0.1) is 5.92 Å². The van der Waals surface area contributed by atoms with Gasteiger partial charge in [0.25, 0.3) is 0 Å². The molecule has 1 N–H and O–H groups in total. The number of carbonyl (C=O) groups is 1. The first kappa shape index (κ1) is 13.6. The zero-order valence-corrected chi connectivity index (χ0v) is 10.4. The van der Waals surface area contributed by atoms with Crippen LogP contribution in [-0.2, 0) is 26.9 Å². The van der Waals surface area contributed by atoms with Gasteiger partial charge in [-0.05, 0) is 16.8 Å². The zero-order valence-electron chi connectivity index (χ0n) is 9.57. The number of carboxylic acids is 1. The average molecular weight is 262 g/mol. The Morgan fingerprint density at radius 3 is 2.71 bits per heavy atom. The van der Waals surface area contributed by atoms with Crippen molar-refractivity contribution < 1.29 is 18.3 Å². The molecule has 0 fully saturated rings. The number of aromatic nitrogens is 4. The van der Waals surface area contributed by atoms with Crippen molar-refractivity contribution >= 4 is 15.8 Å². The molecule has 0 amide bonds. The smallest absolute Gasteiger partial charge is 0.306 e. The molecule has 0 aromatic carbocycles. The number of tetrazole rings is 1. The SMILES string of the molecule is CC(CCn1nnnc1CS(C)(=O)=O)C(=O)O. The Kier molecular flexibility index (Phi) is 4.16. The number of rotatable bonds is 6. The predicted molar refractivity (Wildman–Crippen MR) is 57.8 cm³/mol. The minimum Gasteiger partial charge on any atom is -0.481 e. The summed E-state index contributed by atoms with van der Waals surface area (Å²) in [6.07, 6.45) is 1.43. The normalized spacial score (nSPS) is 13.5. The van der Waals surface area contributed by atoms with Gasteiger partial charge in [0.1, 0.15) is 5.75 Å². The van der Waals surface area contributed by atoms with Gasteiger partial charge in [0.2, 0.25) is 0 Å². The van der Waals surface area contributed by atoms with Crippen molar-refractivity contribution in [2.45, 2.75) is 25.6 Å². The van der Waals surface area contributed by atoms with Crippen LogP contribution in [0.1, 0.15) is 19.2 Å². The number of sulfone groups is 1. The summed E-state index contributed by atoms with van der Waals surface area (Å²) >= 11 is 0. The average Bonchev–Trinajstić information content (AvgIpc) is 2.58. The standard InChI is InChI=1S/C8H14N4O4S/c1-6(8(13)14)3-4-12-7(9-10-11-12)5-17(2,15)16/h6H,3-5H2,1-2H3,(H,13,14). The lowest BCUT2D eigenvalue weighted by Crippen LogP contribution is -2.16. The van der Waals surface area contributed by atoms with E-state index in [1.807, 2.05) is 0 Å². The van der Waals surface area contributed by atoms with Crippen LogP contribution in [0.25, 0.3) is 0 Å². The maximum atomic E-state index is 11.1. The van der Waals surface area contributed by atoms with Gasteiger partial charge in [-0.2, -0.15) is 0 Å². The Hall–Kier alpha value is -1.51. The van der Waals surface area contributed by atoms with Gasteiger partial charge >= 0.3 is 5.97 Å². The summed E-state index contributed by atoms with van der Waals surface area (Å²) in [5, 5.41) is 19.3. The zero-order chi connectivity index (χ0) is 13.1. The Labute approximate surface area is 98.6 Å². The molecule has 1 atom stereocenters. The quantitative estimate of drug-likeness (QED) is 0.722. The van der Waals surface area contributed by atoms with Crippen molar-refractivity contribution in [1.82, 2.24) is 20.2 Å². The van der Waals surface area contributed by atoms with E-state index < -0.39 is 21.7 Å². The van der Waals surface area contributed by atoms with Crippen LogP contribution in [0.4, 0.5) is 0 Å². The molecular weight excluding hydrogens is 248 g/mol. The Morgan fingerprint density at radius 2 is 2.18 bits per heavy atom. The molecule has 1 aromatic rings. The summed E-state index contributed by atoms with van der Waals surface area (Å²) in [4.78, 5) is 10.6. The first-order chi connectivity index (χ1) is 7.79. The second kappa shape index (κ2) is 5.21. The van der Waals surface area contributed by atoms with Gasteiger partial charge in [-0.25, -0.2) is 13.1 Å². The van der Waals surface area contributed by atoms with E-state index in [0.717, 1.165) is 6.26 Å². The summed E-state index contributed by atoms with van der Waals surface area (Å²) in [6.45, 7) is 1.86. The van der Waals surface area contributed by atoms with Gasteiger partial charge in [0, 0.05) is 12.8 Å². The Morgan fingerprint density at radius 1 is 1.53 bits per heavy atom. The van der Waals surface area contributed by atoms with Crippen molar-refractivity contribution in [3.63, 3.8) is 0 Å². The van der Waals surface area contributed by atoms with E-state index in [4.69, 9.17) is 5.11 Å². The number of hydrogen-bond acceptors (Lipinski definition) is 6. The van der Waals surface area contributed by atoms with Crippen LogP contribution in [0.5, 0.6) is 0 Å². The maximum absolute atomic E-state index is 11.1. The molecule has 0 aliphatic carbocycles. The second-order valence-corrected chi connectivity index (χ2v) is 6.06. The van der Waals surface area contributed by atoms with Gasteiger partial charge in [-0.3, -0.25) is 4.79 Å². The summed E-state index contributed by atoms with van der Waals surface area (Å²) in [5.74, 6) is -1.44. The molecule has 0 radical (unpaired) electrons. The largest absolute Gasteiger partial charge is 0.481 e. The highest BCUT2D eigenvalue weighted by Gasteiger charge is 2.15. The fourth-order valence-electron chi connectivity index (χ4n) is 1.17. The van der Waals surface area contributed by atoms with E-state index in [-0.39, 0.29) is 18.1 Å². The molecule has 1 rings (SSSR count). The highest BCUT2D eigenvalue weighted by molar-refractivity contribution is 7.89. The van der Waals surface area contributed by atoms with E-state index in [2.05, 4.69) is 15.5 Å². The molecule has 1 unspecified atom stereocenters. The van der Waals surface area contributed by atoms with E-state index in [9.17, 15) is 13.2 Å². The number of aryl methyl sites for hydroxylation is 1. The minimum atomic E-state index is -3.20. The monoisotopic (exact) mass is 262 g/mol. The highest BCUT2D eigenvalue weighted by Crippen LogP contribution is 2.06. The minimum absolute atomic E-state index is 0.227. The van der Waals surface area contributed by atoms with E-state index in [1.54, 1.807) is 6.92 Å². The maximum Gasteiger partial charge on any atom is 0.306 e. The fourth-order valence-corrected chi connectivity index (χ4v) is 1.85. The second-order valence-electron chi connectivity index (χ2n) is 3.92. The van der Waals surface area contributed by atoms with Crippen LogP contribution in [0.15, 0.2) is 0 Å². The Balaban J connectivity index is 2.67. The molecule has 8 nitrogen and oxygen atoms in total. The molecule has 1 aromatic heterocycles. The number of nitrogens with zero attached hydrogens (tertiary/aromatic N) is 4. The molecule has 0 aliphatic heterocycles. The van der Waals surface area contributed by atoms with Crippen LogP contribution in [0.2, 0.25) is 0 Å². The summed E-state index contributed by atoms with van der Waals surface area (Å²) < 4.78 is 23.5. The summed E-state index contributed by atoms with van der Waals surface area (Å²) in [5.41, 5.74) is 0. The third-order valence-corrected chi connectivity index (χ3v) is 2.98. The first-order valence-corrected chi connectivity index (χ1v) is 7.01. The van der Waals surface area contributed by atoms with Crippen molar-refractivity contribution in [1.29, 1.82) is 0 Å². The molecule has 96 valence electrons. The molecule has 0 spiro atoms. The molecule has 17 heavy (non-hydrogen) atoms.